The predicted molar refractivity (Wildman–Crippen MR) is 25.1 cm³/mol. The molecule has 0 saturated carbocycles. The Hall–Kier alpha value is 1.96. The summed E-state index contributed by atoms with van der Waals surface area (Å²) < 4.78 is 50.7. The normalized spacial score (nSPS) is 7.00. The van der Waals surface area contributed by atoms with Crippen molar-refractivity contribution in [2.75, 3.05) is 0 Å². The van der Waals surface area contributed by atoms with E-state index in [0.717, 1.165) is 0 Å². The van der Waals surface area contributed by atoms with Gasteiger partial charge in [0.2, 0.25) is 0 Å². The average Bonchev–Trinajstić information content (AvgIpc) is 1.25. The van der Waals surface area contributed by atoms with E-state index in [9.17, 15) is 0 Å². The number of hydrogen-bond donors (Lipinski definition) is 0. The molecule has 6 nitrogen and oxygen atoms in total. The predicted octanol–water partition coefficient (Wildman–Crippen LogP) is -5.38. The van der Waals surface area contributed by atoms with Gasteiger partial charge in [-0.2, -0.15) is 0 Å². The number of hydrogen-bond acceptors (Lipinski definition) is 6. The second-order valence-electron chi connectivity index (χ2n) is 0.408. The molecule has 0 rings (SSSR count). The van der Waals surface area contributed by atoms with Crippen LogP contribution in [0.3, 0.4) is 0 Å². The number of rotatable bonds is 0. The van der Waals surface area contributed by atoms with E-state index in [0.29, 0.717) is 0 Å². The third kappa shape index (κ3) is 208. The van der Waals surface area contributed by atoms with Crippen LogP contribution in [0.4, 0.5) is 0 Å². The van der Waals surface area contributed by atoms with Gasteiger partial charge in [0.25, 0.3) is 0 Å². The third-order valence-corrected chi connectivity index (χ3v) is 0. The van der Waals surface area contributed by atoms with E-state index >= 15 is 0 Å². The molecule has 10 heteroatoms. The average molecular weight is 305 g/mol. The summed E-state index contributed by atoms with van der Waals surface area (Å²) >= 11 is -6.22. The van der Waals surface area contributed by atoms with Crippen molar-refractivity contribution in [2.24, 2.45) is 0 Å². The van der Waals surface area contributed by atoms with Gasteiger partial charge in [-0.05, 0) is 0 Å². The molecule has 0 aliphatic rings. The van der Waals surface area contributed by atoms with E-state index in [4.69, 9.17) is 26.6 Å². The molecule has 0 aliphatic carbocycles. The molecule has 0 atom stereocenters. The van der Waals surface area contributed by atoms with Gasteiger partial charge in [0.05, 0.1) is 0 Å². The van der Waals surface area contributed by atoms with Crippen molar-refractivity contribution in [3.8, 4) is 0 Å². The van der Waals surface area contributed by atoms with Crippen molar-refractivity contribution < 1.29 is 56.2 Å². The zero-order chi connectivity index (χ0) is 7.15. The van der Waals surface area contributed by atoms with Crippen LogP contribution in [0.2, 0.25) is 0 Å². The molecule has 0 aromatic carbocycles. The molecule has 0 spiro atoms. The maximum atomic E-state index is 8.44. The summed E-state index contributed by atoms with van der Waals surface area (Å²) in [6.45, 7) is 0. The van der Waals surface area contributed by atoms with Gasteiger partial charge in [-0.1, -0.05) is 0 Å². The Morgan fingerprint density at radius 1 is 0.800 bits per heavy atom. The molecular formula is NaO6S2Sb. The molecule has 0 saturated heterocycles. The smallest absolute Gasteiger partial charge is 0.784 e. The molecule has 0 unspecified atom stereocenters. The first-order chi connectivity index (χ1) is 3.46. The Kier molecular flexibility index (Phi) is 38.9. The molecule has 0 aliphatic heterocycles. The molecule has 0 N–H and O–H groups in total. The third-order valence-electron chi connectivity index (χ3n) is 0. The summed E-state index contributed by atoms with van der Waals surface area (Å²) in [7, 11) is 0. The molecule has 0 aromatic heterocycles. The maximum Gasteiger partial charge on any atom is 3.00 e. The first-order valence-corrected chi connectivity index (χ1v) is 3.00. The standard InChI is InChI=1S/Na.2H2O3S.Sb/c;2*1-4(2)3;/h;2*(H2,1,2,3);/q+1;;;+3/p-4. The first kappa shape index (κ1) is 22.7. The first-order valence-electron chi connectivity index (χ1n) is 1.00. The Labute approximate surface area is 102 Å². The molecule has 0 fully saturated rings. The van der Waals surface area contributed by atoms with E-state index in [1.807, 2.05) is 0 Å². The Bertz CT molecular complexity index is 73.7. The van der Waals surface area contributed by atoms with Crippen molar-refractivity contribution in [1.29, 1.82) is 0 Å². The van der Waals surface area contributed by atoms with Gasteiger partial charge in [0, 0.05) is 0 Å². The summed E-state index contributed by atoms with van der Waals surface area (Å²) in [4.78, 5) is 0. The van der Waals surface area contributed by atoms with E-state index in [-0.39, 0.29) is 54.0 Å². The second kappa shape index (κ2) is 17.2. The van der Waals surface area contributed by atoms with Gasteiger partial charge in [-0.25, -0.2) is 0 Å². The van der Waals surface area contributed by atoms with Crippen LogP contribution in [0, 0.1) is 0 Å². The summed E-state index contributed by atoms with van der Waals surface area (Å²) in [5, 5.41) is 0. The van der Waals surface area contributed by atoms with E-state index < -0.39 is 22.7 Å². The molecule has 0 bridgehead atoms. The molecule has 0 heterocycles. The maximum absolute atomic E-state index is 8.44. The van der Waals surface area contributed by atoms with Crippen molar-refractivity contribution in [3.05, 3.63) is 0 Å². The van der Waals surface area contributed by atoms with Crippen molar-refractivity contribution in [2.45, 2.75) is 0 Å². The van der Waals surface area contributed by atoms with Gasteiger partial charge in [-0.15, -0.1) is 22.7 Å². The van der Waals surface area contributed by atoms with Crippen LogP contribution in [0.15, 0.2) is 0 Å². The van der Waals surface area contributed by atoms with E-state index in [2.05, 4.69) is 0 Å². The van der Waals surface area contributed by atoms with E-state index in [1.54, 1.807) is 0 Å². The Balaban J connectivity index is -0.0000000300. The van der Waals surface area contributed by atoms with Gasteiger partial charge in [0.1, 0.15) is 0 Å². The summed E-state index contributed by atoms with van der Waals surface area (Å²) in [5.74, 6) is 0. The summed E-state index contributed by atoms with van der Waals surface area (Å²) in [5.41, 5.74) is 0. The molecule has 10 heavy (non-hydrogen) atoms. The fraction of sp³-hybridized carbons (Fsp3) is 0. The van der Waals surface area contributed by atoms with Crippen LogP contribution >= 0.6 is 0 Å². The monoisotopic (exact) mass is 304 g/mol. The van der Waals surface area contributed by atoms with Crippen LogP contribution in [0.25, 0.3) is 0 Å². The van der Waals surface area contributed by atoms with Crippen molar-refractivity contribution in [3.63, 3.8) is 0 Å². The minimum Gasteiger partial charge on any atom is -0.784 e. The quantitative estimate of drug-likeness (QED) is 0.325. The van der Waals surface area contributed by atoms with Crippen LogP contribution < -0.4 is 29.6 Å². The van der Waals surface area contributed by atoms with Crippen molar-refractivity contribution >= 4 is 47.2 Å². The minimum absolute atomic E-state index is 0. The van der Waals surface area contributed by atoms with Gasteiger partial charge < -0.3 is 18.2 Å². The fourth-order valence-electron chi connectivity index (χ4n) is 0. The van der Waals surface area contributed by atoms with Gasteiger partial charge in [0.15, 0.2) is 0 Å². The molecular weight excluding hydrogens is 305 g/mol. The van der Waals surface area contributed by atoms with Crippen molar-refractivity contribution in [1.82, 2.24) is 0 Å². The van der Waals surface area contributed by atoms with E-state index in [1.165, 1.54) is 0 Å². The zero-order valence-electron chi connectivity index (χ0n) is 4.71. The zero-order valence-corrected chi connectivity index (χ0v) is 10.9. The van der Waals surface area contributed by atoms with Gasteiger partial charge in [-0.3, -0.25) is 8.42 Å². The Morgan fingerprint density at radius 3 is 0.800 bits per heavy atom. The summed E-state index contributed by atoms with van der Waals surface area (Å²) in [6, 6.07) is 0. The fourth-order valence-corrected chi connectivity index (χ4v) is 0. The van der Waals surface area contributed by atoms with Gasteiger partial charge >= 0.3 is 54.0 Å². The Morgan fingerprint density at radius 2 is 0.800 bits per heavy atom. The largest absolute Gasteiger partial charge is 3.00 e. The molecule has 0 aromatic rings. The summed E-state index contributed by atoms with van der Waals surface area (Å²) in [6.07, 6.45) is 0. The topological polar surface area (TPSA) is 126 Å². The second-order valence-corrected chi connectivity index (χ2v) is 1.22. The molecule has 0 amide bonds. The molecule has 2 radical (unpaired) electrons. The minimum atomic E-state index is -3.11. The van der Waals surface area contributed by atoms with Crippen LogP contribution in [-0.4, -0.2) is 51.1 Å². The SMILES string of the molecule is O=S([O-])[O-].O=S([O-])[O-].[Na+].[Sb+3]. The van der Waals surface area contributed by atoms with Crippen LogP contribution in [0.5, 0.6) is 0 Å². The van der Waals surface area contributed by atoms with Crippen LogP contribution in [0.1, 0.15) is 0 Å². The molecule has 54 valence electrons. The van der Waals surface area contributed by atoms with Crippen LogP contribution in [-0.2, 0) is 22.7 Å².